The van der Waals surface area contributed by atoms with Gasteiger partial charge in [0.1, 0.15) is 0 Å². The Hall–Kier alpha value is -0.870. The molecule has 1 fully saturated rings. The van der Waals surface area contributed by atoms with Crippen LogP contribution < -0.4 is 0 Å². The summed E-state index contributed by atoms with van der Waals surface area (Å²) < 4.78 is 5.47. The molecule has 0 spiro atoms. The van der Waals surface area contributed by atoms with Crippen LogP contribution in [0.25, 0.3) is 0 Å². The van der Waals surface area contributed by atoms with E-state index in [1.807, 2.05) is 6.92 Å². The van der Waals surface area contributed by atoms with Crippen LogP contribution in [0, 0.1) is 0 Å². The Labute approximate surface area is 84.2 Å². The zero-order chi connectivity index (χ0) is 10.6. The predicted molar refractivity (Wildman–Crippen MR) is 53.2 cm³/mol. The lowest BCUT2D eigenvalue weighted by Crippen LogP contribution is -2.47. The van der Waals surface area contributed by atoms with E-state index in [-0.39, 0.29) is 6.10 Å². The van der Waals surface area contributed by atoms with E-state index in [4.69, 9.17) is 9.84 Å². The van der Waals surface area contributed by atoms with Crippen molar-refractivity contribution in [3.8, 4) is 0 Å². The Balaban J connectivity index is 2.38. The van der Waals surface area contributed by atoms with E-state index in [0.29, 0.717) is 12.6 Å². The third kappa shape index (κ3) is 3.47. The highest BCUT2D eigenvalue weighted by Gasteiger charge is 2.21. The number of nitrogens with zero attached hydrogens (tertiary/aromatic N) is 1. The third-order valence-electron chi connectivity index (χ3n) is 2.34. The third-order valence-corrected chi connectivity index (χ3v) is 2.34. The average Bonchev–Trinajstić information content (AvgIpc) is 2.10. The zero-order valence-electron chi connectivity index (χ0n) is 8.64. The molecule has 1 N–H and O–H groups in total. The molecule has 2 atom stereocenters. The van der Waals surface area contributed by atoms with Gasteiger partial charge in [-0.1, -0.05) is 6.08 Å². The summed E-state index contributed by atoms with van der Waals surface area (Å²) in [6.07, 6.45) is 3.11. The van der Waals surface area contributed by atoms with Crippen molar-refractivity contribution >= 4 is 5.97 Å². The van der Waals surface area contributed by atoms with E-state index in [2.05, 4.69) is 11.8 Å². The second-order valence-electron chi connectivity index (χ2n) is 3.69. The number of carbonyl (C=O) groups is 1. The van der Waals surface area contributed by atoms with Gasteiger partial charge in [0.05, 0.1) is 12.7 Å². The molecule has 0 aromatic heterocycles. The van der Waals surface area contributed by atoms with E-state index in [9.17, 15) is 4.79 Å². The van der Waals surface area contributed by atoms with Crippen molar-refractivity contribution in [2.45, 2.75) is 26.0 Å². The van der Waals surface area contributed by atoms with Crippen molar-refractivity contribution in [2.24, 2.45) is 0 Å². The van der Waals surface area contributed by atoms with Crippen LogP contribution in [0.3, 0.4) is 0 Å². The van der Waals surface area contributed by atoms with Gasteiger partial charge in [-0.15, -0.1) is 0 Å². The van der Waals surface area contributed by atoms with Crippen molar-refractivity contribution in [3.05, 3.63) is 12.2 Å². The Kier molecular flexibility index (Phi) is 4.10. The lowest BCUT2D eigenvalue weighted by atomic mass is 10.2. The minimum Gasteiger partial charge on any atom is -0.478 e. The summed E-state index contributed by atoms with van der Waals surface area (Å²) in [5.74, 6) is -0.890. The van der Waals surface area contributed by atoms with E-state index < -0.39 is 5.97 Å². The van der Waals surface area contributed by atoms with Crippen LogP contribution in [0.15, 0.2) is 12.2 Å². The highest BCUT2D eigenvalue weighted by molar-refractivity contribution is 5.79. The molecule has 4 nitrogen and oxygen atoms in total. The van der Waals surface area contributed by atoms with E-state index >= 15 is 0 Å². The summed E-state index contributed by atoms with van der Waals surface area (Å²) in [7, 11) is 0. The van der Waals surface area contributed by atoms with Crippen LogP contribution >= 0.6 is 0 Å². The second kappa shape index (κ2) is 5.12. The molecule has 80 valence electrons. The van der Waals surface area contributed by atoms with Gasteiger partial charge in [0.25, 0.3) is 0 Å². The summed E-state index contributed by atoms with van der Waals surface area (Å²) in [6, 6.07) is 0.365. The van der Waals surface area contributed by atoms with Gasteiger partial charge in [-0.25, -0.2) is 4.79 Å². The highest BCUT2D eigenvalue weighted by atomic mass is 16.5. The van der Waals surface area contributed by atoms with Crippen molar-refractivity contribution in [1.29, 1.82) is 0 Å². The largest absolute Gasteiger partial charge is 0.478 e. The highest BCUT2D eigenvalue weighted by Crippen LogP contribution is 2.10. The lowest BCUT2D eigenvalue weighted by molar-refractivity contribution is -0.131. The number of ether oxygens (including phenoxy) is 1. The van der Waals surface area contributed by atoms with Gasteiger partial charge in [0.2, 0.25) is 0 Å². The topological polar surface area (TPSA) is 49.8 Å². The first-order chi connectivity index (χ1) is 6.59. The minimum absolute atomic E-state index is 0.240. The molecule has 1 aliphatic rings. The van der Waals surface area contributed by atoms with Gasteiger partial charge < -0.3 is 9.84 Å². The van der Waals surface area contributed by atoms with Gasteiger partial charge >= 0.3 is 5.97 Å². The molecular weight excluding hydrogens is 182 g/mol. The number of morpholine rings is 1. The lowest BCUT2D eigenvalue weighted by Gasteiger charge is -2.35. The van der Waals surface area contributed by atoms with Crippen molar-refractivity contribution in [3.63, 3.8) is 0 Å². The van der Waals surface area contributed by atoms with Crippen LogP contribution in [0.1, 0.15) is 13.8 Å². The second-order valence-corrected chi connectivity index (χ2v) is 3.69. The molecule has 1 heterocycles. The number of aliphatic carboxylic acids is 1. The molecule has 2 unspecified atom stereocenters. The van der Waals surface area contributed by atoms with Gasteiger partial charge in [-0.3, -0.25) is 4.90 Å². The standard InChI is InChI=1S/C10H17NO3/c1-8-7-14-9(2)6-11(8)5-3-4-10(12)13/h3-4,8-9H,5-7H2,1-2H3,(H,12,13). The minimum atomic E-state index is -0.890. The molecule has 0 saturated carbocycles. The number of hydrogen-bond acceptors (Lipinski definition) is 3. The quantitative estimate of drug-likeness (QED) is 0.681. The average molecular weight is 199 g/mol. The fraction of sp³-hybridized carbons (Fsp3) is 0.700. The van der Waals surface area contributed by atoms with Crippen LogP contribution in [0.4, 0.5) is 0 Å². The first kappa shape index (κ1) is 11.2. The summed E-state index contributed by atoms with van der Waals surface area (Å²) in [4.78, 5) is 12.5. The fourth-order valence-corrected chi connectivity index (χ4v) is 1.52. The van der Waals surface area contributed by atoms with E-state index in [1.54, 1.807) is 6.08 Å². The Morgan fingerprint density at radius 3 is 3.00 bits per heavy atom. The molecule has 0 radical (unpaired) electrons. The van der Waals surface area contributed by atoms with Gasteiger partial charge in [-0.2, -0.15) is 0 Å². The Morgan fingerprint density at radius 1 is 1.64 bits per heavy atom. The summed E-state index contributed by atoms with van der Waals surface area (Å²) in [6.45, 7) is 6.38. The molecule has 14 heavy (non-hydrogen) atoms. The van der Waals surface area contributed by atoms with Gasteiger partial charge in [0.15, 0.2) is 0 Å². The molecule has 0 bridgehead atoms. The monoisotopic (exact) mass is 199 g/mol. The van der Waals surface area contributed by atoms with Crippen molar-refractivity contribution in [1.82, 2.24) is 4.90 Å². The summed E-state index contributed by atoms with van der Waals surface area (Å²) >= 11 is 0. The zero-order valence-corrected chi connectivity index (χ0v) is 8.64. The molecule has 0 aromatic carbocycles. The smallest absolute Gasteiger partial charge is 0.328 e. The van der Waals surface area contributed by atoms with E-state index in [1.165, 1.54) is 6.08 Å². The maximum Gasteiger partial charge on any atom is 0.328 e. The number of rotatable bonds is 3. The Bertz CT molecular complexity index is 227. The molecule has 0 amide bonds. The maximum atomic E-state index is 10.3. The number of hydrogen-bond donors (Lipinski definition) is 1. The summed E-state index contributed by atoms with van der Waals surface area (Å²) in [5.41, 5.74) is 0. The molecule has 0 aliphatic carbocycles. The Morgan fingerprint density at radius 2 is 2.36 bits per heavy atom. The van der Waals surface area contributed by atoms with Crippen LogP contribution in [-0.2, 0) is 9.53 Å². The van der Waals surface area contributed by atoms with Crippen LogP contribution in [0.5, 0.6) is 0 Å². The normalized spacial score (nSPS) is 29.6. The number of carboxylic acids is 1. The van der Waals surface area contributed by atoms with E-state index in [0.717, 1.165) is 13.2 Å². The summed E-state index contributed by atoms with van der Waals surface area (Å²) in [5, 5.41) is 8.43. The SMILES string of the molecule is CC1CN(CC=CC(=O)O)C(C)CO1. The molecular formula is C10H17NO3. The molecule has 1 aliphatic heterocycles. The van der Waals surface area contributed by atoms with Crippen molar-refractivity contribution < 1.29 is 14.6 Å². The van der Waals surface area contributed by atoms with Crippen molar-refractivity contribution in [2.75, 3.05) is 19.7 Å². The van der Waals surface area contributed by atoms with Crippen LogP contribution in [-0.4, -0.2) is 47.8 Å². The first-order valence-corrected chi connectivity index (χ1v) is 4.84. The predicted octanol–water partition coefficient (Wildman–Crippen LogP) is 0.736. The molecule has 1 rings (SSSR count). The number of carboxylic acid groups (broad SMARTS) is 1. The van der Waals surface area contributed by atoms with Crippen LogP contribution in [0.2, 0.25) is 0 Å². The molecule has 0 aromatic rings. The van der Waals surface area contributed by atoms with Gasteiger partial charge in [-0.05, 0) is 13.8 Å². The molecule has 1 saturated heterocycles. The maximum absolute atomic E-state index is 10.3. The fourth-order valence-electron chi connectivity index (χ4n) is 1.52. The van der Waals surface area contributed by atoms with Gasteiger partial charge in [0, 0.05) is 25.2 Å². The molecule has 4 heteroatoms. The first-order valence-electron chi connectivity index (χ1n) is 4.84.